The number of rotatable bonds is 8. The van der Waals surface area contributed by atoms with Crippen molar-refractivity contribution in [2.75, 3.05) is 37.4 Å². The normalized spacial score (nSPS) is 13.5. The summed E-state index contributed by atoms with van der Waals surface area (Å²) in [6, 6.07) is 14.4. The zero-order valence-electron chi connectivity index (χ0n) is 19.0. The minimum Gasteiger partial charge on any atom is -0.497 e. The van der Waals surface area contributed by atoms with Crippen molar-refractivity contribution in [3.8, 4) is 5.75 Å². The molecule has 0 spiro atoms. The number of aromatic nitrogens is 3. The van der Waals surface area contributed by atoms with Gasteiger partial charge in [-0.3, -0.25) is 0 Å². The summed E-state index contributed by atoms with van der Waals surface area (Å²) in [5, 5.41) is 11.3. The van der Waals surface area contributed by atoms with Gasteiger partial charge in [0, 0.05) is 47.6 Å². The van der Waals surface area contributed by atoms with Crippen LogP contribution in [0.25, 0.3) is 16.5 Å². The lowest BCUT2D eigenvalue weighted by Crippen LogP contribution is -2.19. The molecule has 1 aliphatic heterocycles. The van der Waals surface area contributed by atoms with E-state index in [1.54, 1.807) is 13.3 Å². The third-order valence-corrected chi connectivity index (χ3v) is 6.51. The third-order valence-electron chi connectivity index (χ3n) is 5.93. The number of ether oxygens (including phenoxy) is 1. The fraction of sp³-hybridized carbons (Fsp3) is 0.231. The minimum atomic E-state index is 0.546. The number of H-pyrrole nitrogens is 1. The highest BCUT2D eigenvalue weighted by Gasteiger charge is 2.12. The number of hydrogen-bond acceptors (Lipinski definition) is 6. The van der Waals surface area contributed by atoms with Gasteiger partial charge in [-0.05, 0) is 76.8 Å². The van der Waals surface area contributed by atoms with Crippen LogP contribution in [0.1, 0.15) is 17.5 Å². The van der Waals surface area contributed by atoms with Gasteiger partial charge in [-0.15, -0.1) is 0 Å². The highest BCUT2D eigenvalue weighted by molar-refractivity contribution is 9.10. The molecule has 0 radical (unpaired) electrons. The van der Waals surface area contributed by atoms with Gasteiger partial charge in [0.25, 0.3) is 0 Å². The molecule has 0 aliphatic carbocycles. The summed E-state index contributed by atoms with van der Waals surface area (Å²) in [6.07, 6.45) is 8.03. The molecule has 0 unspecified atom stereocenters. The van der Waals surface area contributed by atoms with E-state index < -0.39 is 0 Å². The number of fused-ring (bicyclic) bond motifs is 1. The van der Waals surface area contributed by atoms with Crippen LogP contribution in [0.2, 0.25) is 0 Å². The first-order chi connectivity index (χ1) is 16.7. The van der Waals surface area contributed by atoms with Crippen LogP contribution in [0.15, 0.2) is 65.4 Å². The molecular formula is C26H27BrN6O. The first-order valence-corrected chi connectivity index (χ1v) is 12.2. The van der Waals surface area contributed by atoms with Crippen LogP contribution in [0.4, 0.5) is 17.5 Å². The van der Waals surface area contributed by atoms with Crippen LogP contribution in [-0.4, -0.2) is 41.7 Å². The summed E-state index contributed by atoms with van der Waals surface area (Å²) in [4.78, 5) is 12.5. The monoisotopic (exact) mass is 518 g/mol. The Balaban J connectivity index is 1.30. The molecule has 34 heavy (non-hydrogen) atoms. The first-order valence-electron chi connectivity index (χ1n) is 11.4. The van der Waals surface area contributed by atoms with Crippen molar-refractivity contribution in [1.29, 1.82) is 0 Å². The predicted octanol–water partition coefficient (Wildman–Crippen LogP) is 5.50. The highest BCUT2D eigenvalue weighted by atomic mass is 79.9. The maximum atomic E-state index is 5.31. The van der Waals surface area contributed by atoms with Crippen LogP contribution >= 0.6 is 15.9 Å². The molecule has 0 fully saturated rings. The topological polar surface area (TPSA) is 86.9 Å². The number of benzene rings is 2. The minimum absolute atomic E-state index is 0.546. The van der Waals surface area contributed by atoms with E-state index in [0.29, 0.717) is 5.95 Å². The Kier molecular flexibility index (Phi) is 6.78. The van der Waals surface area contributed by atoms with Crippen molar-refractivity contribution in [2.45, 2.75) is 12.8 Å². The highest BCUT2D eigenvalue weighted by Crippen LogP contribution is 2.31. The summed E-state index contributed by atoms with van der Waals surface area (Å²) in [7, 11) is 1.68. The molecule has 4 N–H and O–H groups in total. The summed E-state index contributed by atoms with van der Waals surface area (Å²) in [6.45, 7) is 2.67. The fourth-order valence-corrected chi connectivity index (χ4v) is 4.50. The molecule has 7 nitrogen and oxygen atoms in total. The maximum absolute atomic E-state index is 5.31. The van der Waals surface area contributed by atoms with E-state index in [-0.39, 0.29) is 0 Å². The lowest BCUT2D eigenvalue weighted by Gasteiger charge is -2.14. The Morgan fingerprint density at radius 2 is 2.12 bits per heavy atom. The Bertz CT molecular complexity index is 1330. The van der Waals surface area contributed by atoms with Crippen molar-refractivity contribution in [3.63, 3.8) is 0 Å². The Morgan fingerprint density at radius 3 is 2.97 bits per heavy atom. The van der Waals surface area contributed by atoms with E-state index in [4.69, 9.17) is 4.74 Å². The van der Waals surface area contributed by atoms with Gasteiger partial charge in [0.15, 0.2) is 0 Å². The SMILES string of the molecule is COc1cccc(CCNc2nc(Nc3ccc4[nH]cc(C5=CCNCC5)c4c3)ncc2Br)c1. The molecule has 0 amide bonds. The number of hydrogen-bond donors (Lipinski definition) is 4. The Hall–Kier alpha value is -3.36. The molecule has 0 atom stereocenters. The first kappa shape index (κ1) is 22.4. The largest absolute Gasteiger partial charge is 0.497 e. The molecule has 2 aromatic heterocycles. The van der Waals surface area contributed by atoms with Gasteiger partial charge in [0.05, 0.1) is 11.6 Å². The average molecular weight is 519 g/mol. The molecule has 4 aromatic rings. The molecule has 1 aliphatic rings. The summed E-state index contributed by atoms with van der Waals surface area (Å²) in [5.41, 5.74) is 5.92. The lowest BCUT2D eigenvalue weighted by atomic mass is 9.99. The zero-order valence-corrected chi connectivity index (χ0v) is 20.6. The van der Waals surface area contributed by atoms with Gasteiger partial charge in [0.2, 0.25) is 5.95 Å². The van der Waals surface area contributed by atoms with Crippen LogP contribution < -0.4 is 20.7 Å². The summed E-state index contributed by atoms with van der Waals surface area (Å²) < 4.78 is 6.13. The van der Waals surface area contributed by atoms with Gasteiger partial charge < -0.3 is 25.7 Å². The van der Waals surface area contributed by atoms with E-state index >= 15 is 0 Å². The van der Waals surface area contributed by atoms with E-state index in [2.05, 4.69) is 83.4 Å². The maximum Gasteiger partial charge on any atom is 0.229 e. The van der Waals surface area contributed by atoms with Crippen molar-refractivity contribution in [1.82, 2.24) is 20.3 Å². The number of nitrogens with one attached hydrogen (secondary N) is 4. The predicted molar refractivity (Wildman–Crippen MR) is 142 cm³/mol. The van der Waals surface area contributed by atoms with Crippen LogP contribution in [0.5, 0.6) is 5.75 Å². The average Bonchev–Trinajstić information content (AvgIpc) is 3.30. The molecule has 0 bridgehead atoms. The van der Waals surface area contributed by atoms with Crippen LogP contribution in [0.3, 0.4) is 0 Å². The number of nitrogens with zero attached hydrogens (tertiary/aromatic N) is 2. The third kappa shape index (κ3) is 5.08. The molecule has 0 saturated heterocycles. The molecule has 2 aromatic carbocycles. The van der Waals surface area contributed by atoms with Crippen LogP contribution in [-0.2, 0) is 6.42 Å². The molecule has 174 valence electrons. The number of halogens is 1. The second-order valence-corrected chi connectivity index (χ2v) is 9.04. The fourth-order valence-electron chi connectivity index (χ4n) is 4.16. The Morgan fingerprint density at radius 1 is 1.18 bits per heavy atom. The van der Waals surface area contributed by atoms with E-state index in [9.17, 15) is 0 Å². The quantitative estimate of drug-likeness (QED) is 0.246. The van der Waals surface area contributed by atoms with Gasteiger partial charge >= 0.3 is 0 Å². The van der Waals surface area contributed by atoms with Crippen LogP contribution in [0, 0.1) is 0 Å². The second kappa shape index (κ2) is 10.3. The number of methoxy groups -OCH3 is 1. The molecule has 0 saturated carbocycles. The van der Waals surface area contributed by atoms with E-state index in [1.165, 1.54) is 22.1 Å². The molecule has 8 heteroatoms. The standard InChI is InChI=1S/C26H27BrN6O/c1-34-20-4-2-3-17(13-20)7-12-29-25-23(27)16-31-26(33-25)32-19-5-6-24-21(14-19)22(15-30-24)18-8-10-28-11-9-18/h2-6,8,13-16,28,30H,7,9-12H2,1H3,(H2,29,31,32,33). The zero-order chi connectivity index (χ0) is 23.3. The van der Waals surface area contributed by atoms with Gasteiger partial charge in [-0.1, -0.05) is 18.2 Å². The van der Waals surface area contributed by atoms with E-state index in [0.717, 1.165) is 59.7 Å². The van der Waals surface area contributed by atoms with Gasteiger partial charge in [-0.2, -0.15) is 4.98 Å². The van der Waals surface area contributed by atoms with E-state index in [1.807, 2.05) is 18.2 Å². The van der Waals surface area contributed by atoms with Crippen molar-refractivity contribution >= 4 is 49.9 Å². The number of anilines is 3. The second-order valence-electron chi connectivity index (χ2n) is 8.19. The van der Waals surface area contributed by atoms with Crippen molar-refractivity contribution in [2.24, 2.45) is 0 Å². The molecule has 3 heterocycles. The van der Waals surface area contributed by atoms with Crippen molar-refractivity contribution < 1.29 is 4.74 Å². The summed E-state index contributed by atoms with van der Waals surface area (Å²) in [5.74, 6) is 2.17. The lowest BCUT2D eigenvalue weighted by molar-refractivity contribution is 0.414. The van der Waals surface area contributed by atoms with Crippen molar-refractivity contribution in [3.05, 3.63) is 76.5 Å². The van der Waals surface area contributed by atoms with Gasteiger partial charge in [-0.25, -0.2) is 4.98 Å². The smallest absolute Gasteiger partial charge is 0.229 e. The number of aromatic amines is 1. The molecular weight excluding hydrogens is 492 g/mol. The van der Waals surface area contributed by atoms with Gasteiger partial charge in [0.1, 0.15) is 11.6 Å². The Labute approximate surface area is 207 Å². The summed E-state index contributed by atoms with van der Waals surface area (Å²) >= 11 is 3.56. The molecule has 5 rings (SSSR count).